The molecule has 0 radical (unpaired) electrons. The van der Waals surface area contributed by atoms with Crippen molar-refractivity contribution >= 4 is 7.81 Å². The van der Waals surface area contributed by atoms with Crippen LogP contribution in [0.5, 0.6) is 0 Å². The maximum atomic E-state index is 9.87. The van der Waals surface area contributed by atoms with E-state index in [4.69, 9.17) is 0 Å². The molecule has 0 rings (SSSR count). The maximum absolute atomic E-state index is 10.7. The fraction of sp³-hybridized carbons (Fsp3) is 0.800. The van der Waals surface area contributed by atoms with Gasteiger partial charge in [0.25, 0.3) is 0 Å². The summed E-state index contributed by atoms with van der Waals surface area (Å²) in [5.74, 6) is 0.809. The summed E-state index contributed by atoms with van der Waals surface area (Å²) in [6, 6.07) is 0. The fourth-order valence-corrected chi connectivity index (χ4v) is 3.39. The quantitative estimate of drug-likeness (QED) is 0.0784. The van der Waals surface area contributed by atoms with E-state index < -0.39 is 7.81 Å². The van der Waals surface area contributed by atoms with Gasteiger partial charge in [-0.2, -0.15) is 0 Å². The van der Waals surface area contributed by atoms with E-state index in [2.05, 4.69) is 46.1 Å². The van der Waals surface area contributed by atoms with Gasteiger partial charge in [0.15, 0.2) is 0 Å². The molecule has 0 saturated carbocycles. The Hall–Kier alpha value is -0.550. The van der Waals surface area contributed by atoms with Gasteiger partial charge >= 0.3 is 33.0 Å². The van der Waals surface area contributed by atoms with Crippen LogP contribution >= 0.6 is 7.81 Å². The first-order chi connectivity index (χ1) is 12.6. The SMILES string of the molecule is C=CC[N+](CC=C)(CCCC)CC(C)CCCCCCC.F[P-](F)(F)(F)(F)F. The molecule has 8 heteroatoms. The molecule has 0 amide bonds. The standard InChI is InChI=1S/C20H40N.F6P/c1-6-10-12-13-14-15-20(5)19-21(16-8-3,17-9-4)18-11-7-2;1-7(2,3,4,5)6/h8-9,20H,3-4,6-7,10-19H2,1-2,5H3;/q+1;-1. The first kappa shape index (κ1) is 29.6. The van der Waals surface area contributed by atoms with E-state index in [0.717, 1.165) is 23.5 Å². The summed E-state index contributed by atoms with van der Waals surface area (Å²) < 4.78 is 60.4. The zero-order chi connectivity index (χ0) is 22.4. The van der Waals surface area contributed by atoms with E-state index in [-0.39, 0.29) is 0 Å². The van der Waals surface area contributed by atoms with E-state index >= 15 is 0 Å². The Kier molecular flexibility index (Phi) is 12.9. The van der Waals surface area contributed by atoms with Crippen molar-refractivity contribution in [2.45, 2.75) is 72.1 Å². The zero-order valence-electron chi connectivity index (χ0n) is 17.8. The van der Waals surface area contributed by atoms with Gasteiger partial charge in [-0.05, 0) is 25.0 Å². The van der Waals surface area contributed by atoms with Crippen LogP contribution in [0.2, 0.25) is 0 Å². The van der Waals surface area contributed by atoms with Crippen LogP contribution in [-0.2, 0) is 0 Å². The van der Waals surface area contributed by atoms with Gasteiger partial charge in [0.05, 0.1) is 26.2 Å². The average Bonchev–Trinajstić information content (AvgIpc) is 2.50. The minimum absolute atomic E-state index is 0.809. The van der Waals surface area contributed by atoms with Crippen LogP contribution < -0.4 is 0 Å². The predicted molar refractivity (Wildman–Crippen MR) is 111 cm³/mol. The molecule has 172 valence electrons. The van der Waals surface area contributed by atoms with Crippen molar-refractivity contribution in [3.8, 4) is 0 Å². The van der Waals surface area contributed by atoms with Crippen LogP contribution in [0.3, 0.4) is 0 Å². The van der Waals surface area contributed by atoms with Crippen molar-refractivity contribution in [1.82, 2.24) is 0 Å². The van der Waals surface area contributed by atoms with Crippen molar-refractivity contribution < 1.29 is 29.7 Å². The van der Waals surface area contributed by atoms with E-state index in [0.29, 0.717) is 0 Å². The third kappa shape index (κ3) is 25.4. The molecule has 0 N–H and O–H groups in total. The molecule has 0 fully saturated rings. The van der Waals surface area contributed by atoms with Gasteiger partial charge < -0.3 is 4.48 Å². The Balaban J connectivity index is 0. The Bertz CT molecular complexity index is 411. The van der Waals surface area contributed by atoms with Gasteiger partial charge in [-0.1, -0.05) is 72.5 Å². The molecule has 0 saturated heterocycles. The number of hydrogen-bond acceptors (Lipinski definition) is 0. The second-order valence-electron chi connectivity index (χ2n) is 7.81. The molecule has 0 bridgehead atoms. The minimum atomic E-state index is -10.7. The third-order valence-electron chi connectivity index (χ3n) is 4.52. The van der Waals surface area contributed by atoms with Crippen molar-refractivity contribution in [3.05, 3.63) is 25.3 Å². The molecule has 28 heavy (non-hydrogen) atoms. The van der Waals surface area contributed by atoms with Crippen LogP contribution in [0.25, 0.3) is 0 Å². The van der Waals surface area contributed by atoms with Crippen molar-refractivity contribution in [3.63, 3.8) is 0 Å². The van der Waals surface area contributed by atoms with E-state index in [1.54, 1.807) is 0 Å². The Morgan fingerprint density at radius 1 is 0.786 bits per heavy atom. The summed E-state index contributed by atoms with van der Waals surface area (Å²) >= 11 is 0. The summed E-state index contributed by atoms with van der Waals surface area (Å²) in [6.45, 7) is 19.7. The zero-order valence-corrected chi connectivity index (χ0v) is 18.7. The van der Waals surface area contributed by atoms with E-state index in [1.165, 1.54) is 64.5 Å². The van der Waals surface area contributed by atoms with E-state index in [1.807, 2.05) is 0 Å². The monoisotopic (exact) mass is 439 g/mol. The Labute approximate surface area is 167 Å². The summed E-state index contributed by atoms with van der Waals surface area (Å²) in [6.07, 6.45) is 15.1. The molecule has 1 unspecified atom stereocenters. The summed E-state index contributed by atoms with van der Waals surface area (Å²) in [5.41, 5.74) is 0. The normalized spacial score (nSPS) is 15.6. The fourth-order valence-electron chi connectivity index (χ4n) is 3.39. The number of nitrogens with zero attached hydrogens (tertiary/aromatic N) is 1. The molecule has 0 aliphatic carbocycles. The van der Waals surface area contributed by atoms with Crippen molar-refractivity contribution in [2.75, 3.05) is 26.2 Å². The second kappa shape index (κ2) is 12.2. The molecule has 0 aromatic rings. The molecule has 0 aliphatic heterocycles. The van der Waals surface area contributed by atoms with Crippen LogP contribution in [0.4, 0.5) is 25.2 Å². The van der Waals surface area contributed by atoms with Gasteiger partial charge in [-0.3, -0.25) is 0 Å². The molecule has 0 aromatic heterocycles. The number of quaternary nitrogens is 1. The van der Waals surface area contributed by atoms with Crippen LogP contribution in [0.15, 0.2) is 25.3 Å². The summed E-state index contributed by atoms with van der Waals surface area (Å²) in [7, 11) is -10.7. The first-order valence-electron chi connectivity index (χ1n) is 10.2. The molecule has 0 spiro atoms. The molecule has 1 nitrogen and oxygen atoms in total. The van der Waals surface area contributed by atoms with Gasteiger partial charge in [0, 0.05) is 5.92 Å². The number of halogens is 6. The molecule has 0 aromatic carbocycles. The first-order valence-corrected chi connectivity index (χ1v) is 12.2. The Morgan fingerprint density at radius 2 is 1.21 bits per heavy atom. The van der Waals surface area contributed by atoms with Gasteiger partial charge in [0.2, 0.25) is 0 Å². The second-order valence-corrected chi connectivity index (χ2v) is 9.73. The summed E-state index contributed by atoms with van der Waals surface area (Å²) in [4.78, 5) is 0. The molecular weight excluding hydrogens is 399 g/mol. The molecular formula is C20H40F6NP. The number of hydrogen-bond donors (Lipinski definition) is 0. The molecule has 1 atom stereocenters. The Morgan fingerprint density at radius 3 is 1.61 bits per heavy atom. The van der Waals surface area contributed by atoms with Gasteiger partial charge in [0.1, 0.15) is 0 Å². The predicted octanol–water partition coefficient (Wildman–Crippen LogP) is 9.35. The van der Waals surface area contributed by atoms with Crippen molar-refractivity contribution in [1.29, 1.82) is 0 Å². The van der Waals surface area contributed by atoms with Crippen LogP contribution in [0, 0.1) is 5.92 Å². The van der Waals surface area contributed by atoms with E-state index in [9.17, 15) is 25.2 Å². The third-order valence-corrected chi connectivity index (χ3v) is 4.52. The van der Waals surface area contributed by atoms with Crippen LogP contribution in [0.1, 0.15) is 72.1 Å². The van der Waals surface area contributed by atoms with Crippen LogP contribution in [-0.4, -0.2) is 30.7 Å². The van der Waals surface area contributed by atoms with Gasteiger partial charge in [-0.25, -0.2) is 0 Å². The molecule has 0 aliphatic rings. The molecule has 0 heterocycles. The summed E-state index contributed by atoms with van der Waals surface area (Å²) in [5, 5.41) is 0. The number of unbranched alkanes of at least 4 members (excludes halogenated alkanes) is 5. The topological polar surface area (TPSA) is 0 Å². The number of rotatable bonds is 15. The van der Waals surface area contributed by atoms with Gasteiger partial charge in [-0.15, -0.1) is 0 Å². The van der Waals surface area contributed by atoms with Crippen molar-refractivity contribution in [2.24, 2.45) is 5.92 Å². The average molecular weight is 440 g/mol.